The lowest BCUT2D eigenvalue weighted by Gasteiger charge is -2.27. The normalized spacial score (nSPS) is 24.3. The molecule has 2 fully saturated rings. The highest BCUT2D eigenvalue weighted by Crippen LogP contribution is 2.16. The van der Waals surface area contributed by atoms with Gasteiger partial charge in [-0.15, -0.1) is 0 Å². The number of hydrogen-bond donors (Lipinski definition) is 1. The molecule has 2 bridgehead atoms. The minimum atomic E-state index is -0.280. The van der Waals surface area contributed by atoms with Crippen molar-refractivity contribution in [1.82, 2.24) is 20.0 Å². The Kier molecular flexibility index (Phi) is 4.39. The molecule has 1 aromatic rings. The van der Waals surface area contributed by atoms with E-state index in [-0.39, 0.29) is 30.3 Å². The lowest BCUT2D eigenvalue weighted by Crippen LogP contribution is -2.45. The van der Waals surface area contributed by atoms with Gasteiger partial charge in [0, 0.05) is 18.8 Å². The van der Waals surface area contributed by atoms with Crippen LogP contribution in [0.15, 0.2) is 0 Å². The summed E-state index contributed by atoms with van der Waals surface area (Å²) in [4.78, 5) is 26.5. The van der Waals surface area contributed by atoms with Crippen molar-refractivity contribution in [2.75, 3.05) is 26.3 Å². The Bertz CT molecular complexity index is 625. The van der Waals surface area contributed by atoms with Gasteiger partial charge in [0.25, 0.3) is 0 Å². The summed E-state index contributed by atoms with van der Waals surface area (Å²) in [5, 5.41) is 7.43. The summed E-state index contributed by atoms with van der Waals surface area (Å²) in [6, 6.07) is -0.120. The Balaban J connectivity index is 1.74. The molecule has 0 saturated carbocycles. The maximum Gasteiger partial charge on any atom is 0.244 e. The Morgan fingerprint density at radius 1 is 1.35 bits per heavy atom. The lowest BCUT2D eigenvalue weighted by atomic mass is 10.1. The maximum atomic E-state index is 12.7. The third kappa shape index (κ3) is 3.10. The first kappa shape index (κ1) is 16.0. The molecule has 7 nitrogen and oxygen atoms in total. The third-order valence-corrected chi connectivity index (χ3v) is 4.76. The quantitative estimate of drug-likeness (QED) is 0.853. The first-order chi connectivity index (χ1) is 11.0. The van der Waals surface area contributed by atoms with Crippen LogP contribution in [0.5, 0.6) is 0 Å². The Morgan fingerprint density at radius 3 is 2.83 bits per heavy atom. The average Bonchev–Trinajstić information content (AvgIpc) is 2.63. The van der Waals surface area contributed by atoms with Crippen molar-refractivity contribution >= 4 is 11.8 Å². The van der Waals surface area contributed by atoms with Crippen molar-refractivity contribution in [2.24, 2.45) is 5.92 Å². The van der Waals surface area contributed by atoms with Crippen LogP contribution >= 0.6 is 0 Å². The number of nitrogens with zero attached hydrogens (tertiary/aromatic N) is 3. The van der Waals surface area contributed by atoms with E-state index in [1.165, 1.54) is 5.56 Å². The molecule has 3 rings (SSSR count). The van der Waals surface area contributed by atoms with Gasteiger partial charge in [-0.3, -0.25) is 14.3 Å². The largest absolute Gasteiger partial charge is 0.378 e. The topological polar surface area (TPSA) is 76.5 Å². The highest BCUT2D eigenvalue weighted by Gasteiger charge is 2.35. The molecule has 0 aromatic carbocycles. The second kappa shape index (κ2) is 6.31. The minimum Gasteiger partial charge on any atom is -0.378 e. The number of hydrogen-bond acceptors (Lipinski definition) is 4. The van der Waals surface area contributed by atoms with Crippen LogP contribution in [0.3, 0.4) is 0 Å². The van der Waals surface area contributed by atoms with Gasteiger partial charge in [-0.05, 0) is 25.8 Å². The monoisotopic (exact) mass is 320 g/mol. The second-order valence-electron chi connectivity index (χ2n) is 6.40. The summed E-state index contributed by atoms with van der Waals surface area (Å²) < 4.78 is 7.27. The van der Waals surface area contributed by atoms with E-state index in [1.807, 2.05) is 13.8 Å². The van der Waals surface area contributed by atoms with E-state index in [2.05, 4.69) is 17.3 Å². The first-order valence-corrected chi connectivity index (χ1v) is 8.18. The van der Waals surface area contributed by atoms with Gasteiger partial charge in [-0.2, -0.15) is 5.10 Å². The molecule has 0 spiro atoms. The first-order valence-electron chi connectivity index (χ1n) is 8.18. The Labute approximate surface area is 136 Å². The average molecular weight is 320 g/mol. The van der Waals surface area contributed by atoms with Crippen LogP contribution in [-0.4, -0.2) is 58.8 Å². The van der Waals surface area contributed by atoms with Crippen LogP contribution in [0.25, 0.3) is 0 Å². The predicted molar refractivity (Wildman–Crippen MR) is 83.9 cm³/mol. The number of carbonyl (C=O) groups excluding carboxylic acids is 2. The highest BCUT2D eigenvalue weighted by molar-refractivity contribution is 5.82. The standard InChI is InChI=1S/C16H24N4O3/c1-4-14-10(2)18-20(11(14)3)7-15(21)19-5-12-8-23-9-13(6-19)17-16(12)22/h12-13H,4-9H2,1-3H3,(H,17,22)/t12-,13+/m1/s1. The van der Waals surface area contributed by atoms with Crippen LogP contribution in [-0.2, 0) is 27.3 Å². The number of ether oxygens (including phenoxy) is 1. The van der Waals surface area contributed by atoms with Crippen molar-refractivity contribution in [3.05, 3.63) is 17.0 Å². The van der Waals surface area contributed by atoms with E-state index in [1.54, 1.807) is 9.58 Å². The van der Waals surface area contributed by atoms with Gasteiger partial charge in [0.1, 0.15) is 6.54 Å². The van der Waals surface area contributed by atoms with E-state index < -0.39 is 0 Å². The van der Waals surface area contributed by atoms with E-state index in [9.17, 15) is 9.59 Å². The van der Waals surface area contributed by atoms with Crippen LogP contribution in [0.1, 0.15) is 23.9 Å². The predicted octanol–water partition coefficient (Wildman–Crippen LogP) is 0.0357. The van der Waals surface area contributed by atoms with E-state index in [0.29, 0.717) is 26.3 Å². The summed E-state index contributed by atoms with van der Waals surface area (Å²) >= 11 is 0. The van der Waals surface area contributed by atoms with Crippen molar-refractivity contribution in [3.63, 3.8) is 0 Å². The van der Waals surface area contributed by atoms with Crippen LogP contribution in [0.4, 0.5) is 0 Å². The third-order valence-electron chi connectivity index (χ3n) is 4.76. The van der Waals surface area contributed by atoms with Gasteiger partial charge in [0.15, 0.2) is 0 Å². The molecular formula is C16H24N4O3. The van der Waals surface area contributed by atoms with E-state index in [0.717, 1.165) is 17.8 Å². The molecule has 2 saturated heterocycles. The molecule has 1 N–H and O–H groups in total. The van der Waals surface area contributed by atoms with Crippen LogP contribution in [0, 0.1) is 19.8 Å². The number of rotatable bonds is 3. The van der Waals surface area contributed by atoms with Gasteiger partial charge >= 0.3 is 0 Å². The molecule has 2 aliphatic rings. The molecule has 2 amide bonds. The molecule has 0 unspecified atom stereocenters. The van der Waals surface area contributed by atoms with Gasteiger partial charge < -0.3 is 15.0 Å². The smallest absolute Gasteiger partial charge is 0.244 e. The molecule has 23 heavy (non-hydrogen) atoms. The number of aryl methyl sites for hydroxylation is 1. The van der Waals surface area contributed by atoms with Crippen molar-refractivity contribution in [3.8, 4) is 0 Å². The zero-order valence-corrected chi connectivity index (χ0v) is 14.0. The molecule has 7 heteroatoms. The number of nitrogens with one attached hydrogen (secondary N) is 1. The van der Waals surface area contributed by atoms with Crippen molar-refractivity contribution in [2.45, 2.75) is 39.8 Å². The van der Waals surface area contributed by atoms with Gasteiger partial charge in [-0.1, -0.05) is 6.92 Å². The molecular weight excluding hydrogens is 296 g/mol. The van der Waals surface area contributed by atoms with Gasteiger partial charge in [0.2, 0.25) is 11.8 Å². The maximum absolute atomic E-state index is 12.7. The zero-order chi connectivity index (χ0) is 16.6. The minimum absolute atomic E-state index is 0.00616. The molecule has 0 radical (unpaired) electrons. The van der Waals surface area contributed by atoms with E-state index in [4.69, 9.17) is 4.74 Å². The number of carbonyl (C=O) groups is 2. The Morgan fingerprint density at radius 2 is 2.13 bits per heavy atom. The van der Waals surface area contributed by atoms with Crippen molar-refractivity contribution in [1.29, 1.82) is 0 Å². The SMILES string of the molecule is CCc1c(C)nn(CC(=O)N2C[C@H]3COC[C@@H](C2)C(=O)N3)c1C. The fourth-order valence-corrected chi connectivity index (χ4v) is 3.46. The molecule has 2 atom stereocenters. The number of aromatic nitrogens is 2. The van der Waals surface area contributed by atoms with Crippen molar-refractivity contribution < 1.29 is 14.3 Å². The van der Waals surface area contributed by atoms with Gasteiger partial charge in [0.05, 0.1) is 30.9 Å². The van der Waals surface area contributed by atoms with Crippen LogP contribution < -0.4 is 5.32 Å². The number of fused-ring (bicyclic) bond motifs is 3. The summed E-state index contributed by atoms with van der Waals surface area (Å²) in [6.45, 7) is 8.06. The summed E-state index contributed by atoms with van der Waals surface area (Å²) in [7, 11) is 0. The lowest BCUT2D eigenvalue weighted by molar-refractivity contribution is -0.134. The fourth-order valence-electron chi connectivity index (χ4n) is 3.46. The number of amides is 2. The molecule has 3 heterocycles. The van der Waals surface area contributed by atoms with Gasteiger partial charge in [-0.25, -0.2) is 0 Å². The zero-order valence-electron chi connectivity index (χ0n) is 14.0. The Hall–Kier alpha value is -1.89. The second-order valence-corrected chi connectivity index (χ2v) is 6.40. The van der Waals surface area contributed by atoms with E-state index >= 15 is 0 Å². The fraction of sp³-hybridized carbons (Fsp3) is 0.688. The molecule has 2 aliphatic heterocycles. The summed E-state index contributed by atoms with van der Waals surface area (Å²) in [5.74, 6) is -0.285. The summed E-state index contributed by atoms with van der Waals surface area (Å²) in [5.41, 5.74) is 3.23. The highest BCUT2D eigenvalue weighted by atomic mass is 16.5. The molecule has 0 aliphatic carbocycles. The van der Waals surface area contributed by atoms with Crippen LogP contribution in [0.2, 0.25) is 0 Å². The molecule has 126 valence electrons. The molecule has 1 aromatic heterocycles. The summed E-state index contributed by atoms with van der Waals surface area (Å²) in [6.07, 6.45) is 0.912.